The molecule has 0 saturated heterocycles. The fourth-order valence-corrected chi connectivity index (χ4v) is 4.84. The van der Waals surface area contributed by atoms with Gasteiger partial charge in [-0.1, -0.05) is 41.4 Å². The van der Waals surface area contributed by atoms with E-state index in [0.29, 0.717) is 20.9 Å². The number of hydrogen-bond donors (Lipinski definition) is 2. The van der Waals surface area contributed by atoms with E-state index in [1.165, 1.54) is 11.3 Å². The van der Waals surface area contributed by atoms with Crippen LogP contribution in [-0.2, 0) is 9.59 Å². The second-order valence-corrected chi connectivity index (χ2v) is 8.17. The van der Waals surface area contributed by atoms with Crippen molar-refractivity contribution in [3.8, 4) is 11.3 Å². The van der Waals surface area contributed by atoms with Gasteiger partial charge in [0.25, 0.3) is 0 Å². The average molecular weight is 409 g/mol. The highest BCUT2D eigenvalue weighted by Crippen LogP contribution is 2.48. The maximum Gasteiger partial charge on any atom is 0.307 e. The number of allylic oxidation sites excluding steroid dienone is 2. The number of aromatic nitrogens is 1. The Balaban J connectivity index is 1.52. The molecule has 2 aliphatic carbocycles. The van der Waals surface area contributed by atoms with Crippen LogP contribution < -0.4 is 5.32 Å². The van der Waals surface area contributed by atoms with E-state index < -0.39 is 17.8 Å². The van der Waals surface area contributed by atoms with E-state index in [1.54, 1.807) is 18.2 Å². The summed E-state index contributed by atoms with van der Waals surface area (Å²) in [5.74, 6) is -2.51. The Bertz CT molecular complexity index is 927. The topological polar surface area (TPSA) is 79.3 Å². The molecule has 1 fully saturated rings. The third kappa shape index (κ3) is 3.02. The number of fused-ring (bicyclic) bond motifs is 2. The minimum absolute atomic E-state index is 0.0180. The molecule has 1 heterocycles. The lowest BCUT2D eigenvalue weighted by Gasteiger charge is -2.23. The van der Waals surface area contributed by atoms with Crippen molar-refractivity contribution in [1.29, 1.82) is 0 Å². The third-order valence-electron chi connectivity index (χ3n) is 5.00. The molecule has 2 aliphatic rings. The van der Waals surface area contributed by atoms with Gasteiger partial charge >= 0.3 is 5.97 Å². The number of anilines is 1. The quantitative estimate of drug-likeness (QED) is 0.725. The zero-order chi connectivity index (χ0) is 18.4. The molecule has 0 radical (unpaired) electrons. The molecule has 26 heavy (non-hydrogen) atoms. The van der Waals surface area contributed by atoms with E-state index in [-0.39, 0.29) is 17.7 Å². The summed E-state index contributed by atoms with van der Waals surface area (Å²) in [6, 6.07) is 5.21. The normalized spacial score (nSPS) is 26.2. The summed E-state index contributed by atoms with van der Waals surface area (Å²) in [5, 5.41) is 15.4. The number of carbonyl (C=O) groups excluding carboxylic acids is 1. The van der Waals surface area contributed by atoms with Crippen molar-refractivity contribution in [1.82, 2.24) is 4.98 Å². The monoisotopic (exact) mass is 408 g/mol. The van der Waals surface area contributed by atoms with E-state index >= 15 is 0 Å². The van der Waals surface area contributed by atoms with E-state index in [1.807, 2.05) is 17.5 Å². The van der Waals surface area contributed by atoms with Gasteiger partial charge in [-0.3, -0.25) is 9.59 Å². The summed E-state index contributed by atoms with van der Waals surface area (Å²) in [4.78, 5) is 28.7. The summed E-state index contributed by atoms with van der Waals surface area (Å²) in [6.45, 7) is 0. The molecule has 4 rings (SSSR count). The lowest BCUT2D eigenvalue weighted by atomic mass is 9.82. The first kappa shape index (κ1) is 17.5. The van der Waals surface area contributed by atoms with E-state index in [2.05, 4.69) is 10.3 Å². The van der Waals surface area contributed by atoms with Crippen LogP contribution in [0.5, 0.6) is 0 Å². The number of nitrogens with zero attached hydrogens (tertiary/aromatic N) is 1. The standard InChI is InChI=1S/C18H14Cl2N2O3S/c19-11-4-3-8(6-12(11)20)13-7-26-18(21-13)22-16(23)14-9-1-2-10(5-9)15(14)17(24)25/h1-4,6-7,9-10,14-15H,5H2,(H,24,25)(H,21,22,23)/t9-,10+,14-,15+/m1/s1. The Morgan fingerprint density at radius 1 is 1.15 bits per heavy atom. The Morgan fingerprint density at radius 2 is 1.88 bits per heavy atom. The predicted octanol–water partition coefficient (Wildman–Crippen LogP) is 4.58. The zero-order valence-corrected chi connectivity index (χ0v) is 15.7. The Labute approximate surface area is 163 Å². The number of benzene rings is 1. The Morgan fingerprint density at radius 3 is 2.58 bits per heavy atom. The van der Waals surface area contributed by atoms with Crippen molar-refractivity contribution in [3.63, 3.8) is 0 Å². The van der Waals surface area contributed by atoms with Crippen molar-refractivity contribution in [3.05, 3.63) is 45.8 Å². The minimum Gasteiger partial charge on any atom is -0.481 e. The largest absolute Gasteiger partial charge is 0.481 e. The van der Waals surface area contributed by atoms with Crippen molar-refractivity contribution < 1.29 is 14.7 Å². The first-order valence-electron chi connectivity index (χ1n) is 8.07. The number of nitrogens with one attached hydrogen (secondary N) is 1. The van der Waals surface area contributed by atoms with Crippen molar-refractivity contribution in [2.75, 3.05) is 5.32 Å². The zero-order valence-electron chi connectivity index (χ0n) is 13.4. The summed E-state index contributed by atoms with van der Waals surface area (Å²) >= 11 is 13.2. The van der Waals surface area contributed by atoms with Crippen LogP contribution in [0, 0.1) is 23.7 Å². The van der Waals surface area contributed by atoms with Gasteiger partial charge in [-0.15, -0.1) is 11.3 Å². The van der Waals surface area contributed by atoms with Gasteiger partial charge in [0.1, 0.15) is 0 Å². The summed E-state index contributed by atoms with van der Waals surface area (Å²) < 4.78 is 0. The van der Waals surface area contributed by atoms with Gasteiger partial charge in [0, 0.05) is 10.9 Å². The molecule has 134 valence electrons. The number of carboxylic acids is 1. The molecule has 2 N–H and O–H groups in total. The van der Waals surface area contributed by atoms with E-state index in [0.717, 1.165) is 12.0 Å². The van der Waals surface area contributed by atoms with Crippen LogP contribution in [0.2, 0.25) is 10.0 Å². The fraction of sp³-hybridized carbons (Fsp3) is 0.278. The van der Waals surface area contributed by atoms with Gasteiger partial charge in [-0.2, -0.15) is 0 Å². The molecule has 2 aromatic rings. The number of carbonyl (C=O) groups is 2. The number of halogens is 2. The van der Waals surface area contributed by atoms with Gasteiger partial charge < -0.3 is 10.4 Å². The van der Waals surface area contributed by atoms with Crippen molar-refractivity contribution in [2.24, 2.45) is 23.7 Å². The molecule has 2 bridgehead atoms. The third-order valence-corrected chi connectivity index (χ3v) is 6.49. The van der Waals surface area contributed by atoms with Crippen LogP contribution in [0.25, 0.3) is 11.3 Å². The number of amides is 1. The molecule has 1 aromatic heterocycles. The van der Waals surface area contributed by atoms with E-state index in [4.69, 9.17) is 23.2 Å². The van der Waals surface area contributed by atoms with E-state index in [9.17, 15) is 14.7 Å². The van der Waals surface area contributed by atoms with Crippen LogP contribution in [0.4, 0.5) is 5.13 Å². The second kappa shape index (κ2) is 6.68. The molecule has 4 atom stereocenters. The number of thiazole rings is 1. The van der Waals surface area contributed by atoms with Crippen LogP contribution in [0.15, 0.2) is 35.7 Å². The number of rotatable bonds is 4. The number of aliphatic carboxylic acids is 1. The first-order valence-corrected chi connectivity index (χ1v) is 9.70. The van der Waals surface area contributed by atoms with Crippen LogP contribution >= 0.6 is 34.5 Å². The van der Waals surface area contributed by atoms with Gasteiger partial charge in [0.15, 0.2) is 5.13 Å². The molecular weight excluding hydrogens is 395 g/mol. The maximum atomic E-state index is 12.7. The maximum absolute atomic E-state index is 12.7. The molecule has 1 aromatic carbocycles. The van der Waals surface area contributed by atoms with Crippen molar-refractivity contribution >= 4 is 51.5 Å². The summed E-state index contributed by atoms with van der Waals surface area (Å²) in [6.07, 6.45) is 4.60. The summed E-state index contributed by atoms with van der Waals surface area (Å²) in [7, 11) is 0. The molecule has 5 nitrogen and oxygen atoms in total. The minimum atomic E-state index is -0.919. The SMILES string of the molecule is O=C(O)[C@@H]1[C@H](C(=O)Nc2nc(-c3ccc(Cl)c(Cl)c3)cs2)[C@@H]2C=C[C@H]1C2. The first-order chi connectivity index (χ1) is 12.4. The van der Waals surface area contributed by atoms with Gasteiger partial charge in [-0.05, 0) is 30.4 Å². The molecule has 1 amide bonds. The van der Waals surface area contributed by atoms with Crippen molar-refractivity contribution in [2.45, 2.75) is 6.42 Å². The lowest BCUT2D eigenvalue weighted by Crippen LogP contribution is -2.36. The lowest BCUT2D eigenvalue weighted by molar-refractivity contribution is -0.146. The fourth-order valence-electron chi connectivity index (χ4n) is 3.82. The predicted molar refractivity (Wildman–Crippen MR) is 102 cm³/mol. The van der Waals surface area contributed by atoms with Gasteiger partial charge in [0.2, 0.25) is 5.91 Å². The van der Waals surface area contributed by atoms with Gasteiger partial charge in [-0.25, -0.2) is 4.98 Å². The molecular formula is C18H14Cl2N2O3S. The molecule has 8 heteroatoms. The van der Waals surface area contributed by atoms with Crippen LogP contribution in [-0.4, -0.2) is 22.0 Å². The highest BCUT2D eigenvalue weighted by atomic mass is 35.5. The van der Waals surface area contributed by atoms with Gasteiger partial charge in [0.05, 0.1) is 27.6 Å². The molecule has 1 saturated carbocycles. The molecule has 0 unspecified atom stereocenters. The Kier molecular flexibility index (Phi) is 4.50. The second-order valence-electron chi connectivity index (χ2n) is 6.49. The summed E-state index contributed by atoms with van der Waals surface area (Å²) in [5.41, 5.74) is 1.47. The Hall–Kier alpha value is -1.89. The van der Waals surface area contributed by atoms with Crippen LogP contribution in [0.1, 0.15) is 6.42 Å². The smallest absolute Gasteiger partial charge is 0.307 e. The highest BCUT2D eigenvalue weighted by molar-refractivity contribution is 7.14. The average Bonchev–Trinajstić information content (AvgIpc) is 3.32. The number of hydrogen-bond acceptors (Lipinski definition) is 4. The molecule has 0 spiro atoms. The highest BCUT2D eigenvalue weighted by Gasteiger charge is 2.51. The number of carboxylic acid groups (broad SMARTS) is 1. The molecule has 0 aliphatic heterocycles. The van der Waals surface area contributed by atoms with Crippen LogP contribution in [0.3, 0.4) is 0 Å².